The molecule has 0 aromatic heterocycles. The largest absolute Gasteiger partial charge is 0.500 e. The van der Waals surface area contributed by atoms with Crippen LogP contribution in [0.5, 0.6) is 5.75 Å². The van der Waals surface area contributed by atoms with Crippen LogP contribution in [-0.4, -0.2) is 62.9 Å². The summed E-state index contributed by atoms with van der Waals surface area (Å²) in [4.78, 5) is 26.4. The van der Waals surface area contributed by atoms with Crippen LogP contribution in [0.15, 0.2) is 60.0 Å². The van der Waals surface area contributed by atoms with E-state index in [1.165, 1.54) is 20.3 Å². The van der Waals surface area contributed by atoms with Crippen LogP contribution in [0, 0.1) is 0 Å². The van der Waals surface area contributed by atoms with Crippen LogP contribution >= 0.6 is 0 Å². The molecule has 1 heterocycles. The highest BCUT2D eigenvalue weighted by Crippen LogP contribution is 2.29. The SMILES string of the molecule is COC(=O)C1=C(C(=O)OC)N(c2cccc(OCCC[Si](OC)(OC)OC)c2)C=CC=C1. The van der Waals surface area contributed by atoms with Gasteiger partial charge < -0.3 is 32.4 Å². The maximum Gasteiger partial charge on any atom is 0.500 e. The molecule has 10 heteroatoms. The lowest BCUT2D eigenvalue weighted by Crippen LogP contribution is -2.42. The quantitative estimate of drug-likeness (QED) is 0.279. The Bertz CT molecular complexity index is 883. The standard InChI is InChI=1S/C22H29NO8Si/c1-26-21(24)19-12-6-7-13-23(20(19)22(25)27-2)17-10-8-11-18(16-17)31-14-9-15-32(28-3,29-4)30-5/h6-8,10-13,16H,9,14-15H2,1-5H3. The summed E-state index contributed by atoms with van der Waals surface area (Å²) in [6.07, 6.45) is 7.18. The van der Waals surface area contributed by atoms with Gasteiger partial charge in [-0.05, 0) is 30.7 Å². The van der Waals surface area contributed by atoms with Gasteiger partial charge in [0.25, 0.3) is 0 Å². The molecule has 1 aliphatic rings. The Labute approximate surface area is 189 Å². The van der Waals surface area contributed by atoms with Crippen LogP contribution in [0.1, 0.15) is 6.42 Å². The monoisotopic (exact) mass is 463 g/mol. The van der Waals surface area contributed by atoms with Crippen molar-refractivity contribution in [3.8, 4) is 5.75 Å². The predicted octanol–water partition coefficient (Wildman–Crippen LogP) is 2.82. The average molecular weight is 464 g/mol. The molecule has 0 saturated carbocycles. The highest BCUT2D eigenvalue weighted by molar-refractivity contribution is 6.60. The van der Waals surface area contributed by atoms with E-state index in [9.17, 15) is 9.59 Å². The van der Waals surface area contributed by atoms with Crippen molar-refractivity contribution in [3.05, 3.63) is 60.0 Å². The van der Waals surface area contributed by atoms with E-state index in [-0.39, 0.29) is 11.3 Å². The molecule has 0 atom stereocenters. The Morgan fingerprint density at radius 2 is 1.62 bits per heavy atom. The Balaban J connectivity index is 2.23. The molecule has 0 bridgehead atoms. The predicted molar refractivity (Wildman–Crippen MR) is 120 cm³/mol. The first-order valence-corrected chi connectivity index (χ1v) is 11.8. The summed E-state index contributed by atoms with van der Waals surface area (Å²) in [6, 6.07) is 7.76. The Morgan fingerprint density at radius 3 is 2.25 bits per heavy atom. The van der Waals surface area contributed by atoms with Crippen molar-refractivity contribution in [2.75, 3.05) is 47.1 Å². The van der Waals surface area contributed by atoms with Crippen molar-refractivity contribution in [2.24, 2.45) is 0 Å². The Kier molecular flexibility index (Phi) is 9.66. The third-order valence-electron chi connectivity index (χ3n) is 4.81. The summed E-state index contributed by atoms with van der Waals surface area (Å²) in [6.45, 7) is 0.415. The van der Waals surface area contributed by atoms with Crippen molar-refractivity contribution in [1.29, 1.82) is 0 Å². The van der Waals surface area contributed by atoms with Gasteiger partial charge in [0.05, 0.1) is 26.4 Å². The molecule has 9 nitrogen and oxygen atoms in total. The molecule has 0 fully saturated rings. The lowest BCUT2D eigenvalue weighted by Gasteiger charge is -2.24. The second-order valence-corrected chi connectivity index (χ2v) is 9.65. The molecule has 0 radical (unpaired) electrons. The van der Waals surface area contributed by atoms with Crippen LogP contribution in [-0.2, 0) is 32.3 Å². The van der Waals surface area contributed by atoms with Crippen molar-refractivity contribution in [3.63, 3.8) is 0 Å². The number of benzene rings is 1. The molecule has 1 aromatic rings. The van der Waals surface area contributed by atoms with E-state index in [1.807, 2.05) is 0 Å². The van der Waals surface area contributed by atoms with Gasteiger partial charge in [-0.15, -0.1) is 0 Å². The van der Waals surface area contributed by atoms with Gasteiger partial charge in [-0.1, -0.05) is 12.1 Å². The fourth-order valence-electron chi connectivity index (χ4n) is 3.12. The molecular weight excluding hydrogens is 434 g/mol. The molecule has 174 valence electrons. The number of carbonyl (C=O) groups excluding carboxylic acids is 2. The zero-order chi connectivity index (χ0) is 23.6. The smallest absolute Gasteiger partial charge is 0.494 e. The summed E-state index contributed by atoms with van der Waals surface area (Å²) in [5.74, 6) is -0.728. The van der Waals surface area contributed by atoms with Crippen molar-refractivity contribution in [2.45, 2.75) is 12.5 Å². The first-order chi connectivity index (χ1) is 15.4. The number of esters is 2. The molecule has 0 spiro atoms. The van der Waals surface area contributed by atoms with Gasteiger partial charge in [-0.2, -0.15) is 0 Å². The highest BCUT2D eigenvalue weighted by atomic mass is 28.4. The van der Waals surface area contributed by atoms with Crippen LogP contribution < -0.4 is 9.64 Å². The third kappa shape index (κ3) is 6.07. The average Bonchev–Trinajstić information content (AvgIpc) is 3.07. The minimum Gasteiger partial charge on any atom is -0.494 e. The number of hydrogen-bond acceptors (Lipinski definition) is 9. The van der Waals surface area contributed by atoms with Crippen LogP contribution in [0.4, 0.5) is 5.69 Å². The second-order valence-electron chi connectivity index (χ2n) is 6.56. The fourth-order valence-corrected chi connectivity index (χ4v) is 4.81. The minimum absolute atomic E-state index is 0.0394. The van der Waals surface area contributed by atoms with E-state index in [0.717, 1.165) is 0 Å². The number of carbonyl (C=O) groups is 2. The van der Waals surface area contributed by atoms with Crippen molar-refractivity contribution < 1.29 is 37.1 Å². The third-order valence-corrected chi connectivity index (χ3v) is 7.65. The van der Waals surface area contributed by atoms with Crippen molar-refractivity contribution in [1.82, 2.24) is 0 Å². The molecule has 1 aromatic carbocycles. The molecule has 32 heavy (non-hydrogen) atoms. The number of ether oxygens (including phenoxy) is 3. The molecule has 0 aliphatic carbocycles. The normalized spacial score (nSPS) is 13.7. The summed E-state index contributed by atoms with van der Waals surface area (Å²) >= 11 is 0. The maximum atomic E-state index is 12.5. The molecule has 2 rings (SSSR count). The Morgan fingerprint density at radius 1 is 0.938 bits per heavy atom. The van der Waals surface area contributed by atoms with Crippen LogP contribution in [0.2, 0.25) is 6.04 Å². The molecular formula is C22H29NO8Si. The van der Waals surface area contributed by atoms with Gasteiger partial charge in [0.2, 0.25) is 0 Å². The molecule has 0 unspecified atom stereocenters. The van der Waals surface area contributed by atoms with Gasteiger partial charge in [0.1, 0.15) is 11.4 Å². The molecule has 0 saturated heterocycles. The highest BCUT2D eigenvalue weighted by Gasteiger charge is 2.37. The number of allylic oxidation sites excluding steroid dienone is 2. The van der Waals surface area contributed by atoms with Crippen LogP contribution in [0.25, 0.3) is 0 Å². The molecule has 1 aliphatic heterocycles. The summed E-state index contributed by atoms with van der Waals surface area (Å²) in [5, 5.41) is 0. The first-order valence-electron chi connectivity index (χ1n) is 9.88. The van der Waals surface area contributed by atoms with Gasteiger partial charge >= 0.3 is 20.7 Å². The zero-order valence-corrected chi connectivity index (χ0v) is 20.0. The minimum atomic E-state index is -2.65. The van der Waals surface area contributed by atoms with E-state index in [0.29, 0.717) is 30.5 Å². The van der Waals surface area contributed by atoms with Crippen LogP contribution in [0.3, 0.4) is 0 Å². The van der Waals surface area contributed by atoms with E-state index in [4.69, 9.17) is 27.5 Å². The van der Waals surface area contributed by atoms with Gasteiger partial charge in [-0.25, -0.2) is 9.59 Å². The lowest BCUT2D eigenvalue weighted by molar-refractivity contribution is -0.139. The van der Waals surface area contributed by atoms with Crippen molar-refractivity contribution >= 4 is 26.4 Å². The lowest BCUT2D eigenvalue weighted by atomic mass is 10.1. The number of methoxy groups -OCH3 is 2. The van der Waals surface area contributed by atoms with E-state index >= 15 is 0 Å². The van der Waals surface area contributed by atoms with Gasteiger partial charge in [0.15, 0.2) is 0 Å². The number of rotatable bonds is 11. The number of hydrogen-bond donors (Lipinski definition) is 0. The van der Waals surface area contributed by atoms with E-state index < -0.39 is 20.7 Å². The molecule has 0 N–H and O–H groups in total. The number of anilines is 1. The first kappa shape index (κ1) is 25.3. The summed E-state index contributed by atoms with van der Waals surface area (Å²) in [5.41, 5.74) is 0.729. The van der Waals surface area contributed by atoms with E-state index in [1.54, 1.807) is 68.8 Å². The van der Waals surface area contributed by atoms with Gasteiger partial charge in [-0.3, -0.25) is 0 Å². The fraction of sp³-hybridized carbons (Fsp3) is 0.364. The van der Waals surface area contributed by atoms with E-state index in [2.05, 4.69) is 0 Å². The summed E-state index contributed by atoms with van der Waals surface area (Å²) < 4.78 is 31.9. The Hall–Kier alpha value is -2.92. The second kappa shape index (κ2) is 12.2. The number of nitrogens with zero attached hydrogens (tertiary/aromatic N) is 1. The van der Waals surface area contributed by atoms with Gasteiger partial charge in [0, 0.05) is 45.3 Å². The summed E-state index contributed by atoms with van der Waals surface area (Å²) in [7, 11) is 4.57. The zero-order valence-electron chi connectivity index (χ0n) is 19.0. The molecule has 0 amide bonds. The topological polar surface area (TPSA) is 92.8 Å². The maximum absolute atomic E-state index is 12.5.